The first kappa shape index (κ1) is 14.4. The third kappa shape index (κ3) is 2.61. The van der Waals surface area contributed by atoms with E-state index in [1.54, 1.807) is 6.92 Å². The number of carbonyl (C=O) groups excluding carboxylic acids is 1. The maximum absolute atomic E-state index is 12.3. The number of carbonyl (C=O) groups is 2. The fraction of sp³-hybridized carbons (Fsp3) is 0.467. The van der Waals surface area contributed by atoms with Crippen LogP contribution in [0.2, 0.25) is 0 Å². The molecule has 1 unspecified atom stereocenters. The van der Waals surface area contributed by atoms with E-state index in [4.69, 9.17) is 0 Å². The molecule has 1 aromatic carbocycles. The molecule has 2 rings (SSSR count). The van der Waals surface area contributed by atoms with Crippen molar-refractivity contribution in [1.82, 2.24) is 4.90 Å². The van der Waals surface area contributed by atoms with Crippen molar-refractivity contribution in [1.29, 1.82) is 0 Å². The van der Waals surface area contributed by atoms with Gasteiger partial charge in [0.25, 0.3) is 0 Å². The Labute approximate surface area is 118 Å². The van der Waals surface area contributed by atoms with Crippen molar-refractivity contribution in [3.05, 3.63) is 29.8 Å². The predicted octanol–water partition coefficient (Wildman–Crippen LogP) is 2.72. The van der Waals surface area contributed by atoms with Gasteiger partial charge in [0.1, 0.15) is 5.54 Å². The molecule has 0 radical (unpaired) electrons. The van der Waals surface area contributed by atoms with Gasteiger partial charge in [0.05, 0.1) is 0 Å². The number of anilines is 1. The molecule has 20 heavy (non-hydrogen) atoms. The van der Waals surface area contributed by atoms with Gasteiger partial charge in [-0.3, -0.25) is 0 Å². The zero-order chi connectivity index (χ0) is 14.8. The number of benzene rings is 1. The molecular weight excluding hydrogens is 256 g/mol. The van der Waals surface area contributed by atoms with Crippen molar-refractivity contribution in [3.8, 4) is 0 Å². The van der Waals surface area contributed by atoms with Crippen molar-refractivity contribution in [2.24, 2.45) is 0 Å². The minimum absolute atomic E-state index is 0.347. The Hall–Kier alpha value is -2.04. The maximum Gasteiger partial charge on any atom is 0.329 e. The van der Waals surface area contributed by atoms with Crippen LogP contribution in [-0.4, -0.2) is 34.1 Å². The van der Waals surface area contributed by atoms with E-state index in [1.807, 2.05) is 31.2 Å². The third-order valence-electron chi connectivity index (χ3n) is 3.93. The molecule has 1 atom stereocenters. The second-order valence-electron chi connectivity index (χ2n) is 5.32. The zero-order valence-corrected chi connectivity index (χ0v) is 11.8. The average Bonchev–Trinajstić information content (AvgIpc) is 2.82. The van der Waals surface area contributed by atoms with E-state index in [2.05, 4.69) is 5.32 Å². The lowest BCUT2D eigenvalue weighted by Gasteiger charge is -2.31. The van der Waals surface area contributed by atoms with Gasteiger partial charge in [-0.15, -0.1) is 0 Å². The van der Waals surface area contributed by atoms with Gasteiger partial charge < -0.3 is 15.3 Å². The van der Waals surface area contributed by atoms with Crippen molar-refractivity contribution >= 4 is 17.7 Å². The van der Waals surface area contributed by atoms with Crippen molar-refractivity contribution < 1.29 is 14.7 Å². The summed E-state index contributed by atoms with van der Waals surface area (Å²) in [7, 11) is 0. The summed E-state index contributed by atoms with van der Waals surface area (Å²) in [6.07, 6.45) is 2.09. The molecule has 5 nitrogen and oxygen atoms in total. The molecule has 0 spiro atoms. The lowest BCUT2D eigenvalue weighted by molar-refractivity contribution is -0.146. The normalized spacial score (nSPS) is 21.8. The highest BCUT2D eigenvalue weighted by Crippen LogP contribution is 2.29. The standard InChI is InChI=1S/C15H20N2O3/c1-3-11-6-4-7-12(10-11)16-14(20)17-9-5-8-15(17,2)13(18)19/h4,6-7,10H,3,5,8-9H2,1-2H3,(H,16,20)(H,18,19). The van der Waals surface area contributed by atoms with Crippen LogP contribution >= 0.6 is 0 Å². The average molecular weight is 276 g/mol. The molecule has 108 valence electrons. The number of amides is 2. The maximum atomic E-state index is 12.3. The summed E-state index contributed by atoms with van der Waals surface area (Å²) < 4.78 is 0. The van der Waals surface area contributed by atoms with Gasteiger partial charge in [0.15, 0.2) is 0 Å². The molecule has 1 aliphatic rings. The zero-order valence-electron chi connectivity index (χ0n) is 11.8. The van der Waals surface area contributed by atoms with Crippen molar-refractivity contribution in [2.75, 3.05) is 11.9 Å². The van der Waals surface area contributed by atoms with Gasteiger partial charge in [0, 0.05) is 12.2 Å². The number of urea groups is 1. The molecule has 0 aromatic heterocycles. The molecular formula is C15H20N2O3. The lowest BCUT2D eigenvalue weighted by Crippen LogP contribution is -2.52. The number of carboxylic acid groups (broad SMARTS) is 1. The summed E-state index contributed by atoms with van der Waals surface area (Å²) in [5.41, 5.74) is 0.728. The van der Waals surface area contributed by atoms with Crippen LogP contribution in [-0.2, 0) is 11.2 Å². The number of rotatable bonds is 3. The van der Waals surface area contributed by atoms with Gasteiger partial charge in [-0.25, -0.2) is 9.59 Å². The van der Waals surface area contributed by atoms with E-state index in [1.165, 1.54) is 4.90 Å². The number of hydrogen-bond donors (Lipinski definition) is 2. The lowest BCUT2D eigenvalue weighted by atomic mass is 10.00. The van der Waals surface area contributed by atoms with Gasteiger partial charge in [0.2, 0.25) is 0 Å². The fourth-order valence-corrected chi connectivity index (χ4v) is 2.57. The number of likely N-dealkylation sites (tertiary alicyclic amines) is 1. The fourth-order valence-electron chi connectivity index (χ4n) is 2.57. The number of hydrogen-bond acceptors (Lipinski definition) is 2. The van der Waals surface area contributed by atoms with Crippen LogP contribution in [0, 0.1) is 0 Å². The molecule has 5 heteroatoms. The smallest absolute Gasteiger partial charge is 0.329 e. The first-order chi connectivity index (χ1) is 9.47. The van der Waals surface area contributed by atoms with E-state index in [9.17, 15) is 14.7 Å². The molecule has 0 bridgehead atoms. The molecule has 1 aliphatic heterocycles. The van der Waals surface area contributed by atoms with E-state index >= 15 is 0 Å². The molecule has 2 amide bonds. The highest BCUT2D eigenvalue weighted by molar-refractivity contribution is 5.94. The second kappa shape index (κ2) is 5.53. The topological polar surface area (TPSA) is 69.6 Å². The molecule has 1 fully saturated rings. The number of aryl methyl sites for hydroxylation is 1. The Bertz CT molecular complexity index is 530. The number of aliphatic carboxylic acids is 1. The Morgan fingerprint density at radius 1 is 1.45 bits per heavy atom. The van der Waals surface area contributed by atoms with E-state index < -0.39 is 11.5 Å². The van der Waals surface area contributed by atoms with Crippen LogP contribution in [0.1, 0.15) is 32.3 Å². The Morgan fingerprint density at radius 2 is 2.20 bits per heavy atom. The first-order valence-electron chi connectivity index (χ1n) is 6.88. The van der Waals surface area contributed by atoms with Crippen molar-refractivity contribution in [3.63, 3.8) is 0 Å². The SMILES string of the molecule is CCc1cccc(NC(=O)N2CCCC2(C)C(=O)O)c1. The molecule has 1 saturated heterocycles. The summed E-state index contributed by atoms with van der Waals surface area (Å²) in [6, 6.07) is 7.25. The van der Waals surface area contributed by atoms with Gasteiger partial charge in [-0.1, -0.05) is 19.1 Å². The minimum Gasteiger partial charge on any atom is -0.480 e. The molecule has 0 aliphatic carbocycles. The number of carboxylic acids is 1. The van der Waals surface area contributed by atoms with Crippen LogP contribution < -0.4 is 5.32 Å². The van der Waals surface area contributed by atoms with Crippen LogP contribution in [0.25, 0.3) is 0 Å². The third-order valence-corrected chi connectivity index (χ3v) is 3.93. The van der Waals surface area contributed by atoms with E-state index in [0.717, 1.165) is 12.0 Å². The number of nitrogens with zero attached hydrogens (tertiary/aromatic N) is 1. The second-order valence-corrected chi connectivity index (χ2v) is 5.32. The van der Waals surface area contributed by atoms with Crippen LogP contribution in [0.5, 0.6) is 0 Å². The first-order valence-corrected chi connectivity index (χ1v) is 6.88. The largest absolute Gasteiger partial charge is 0.480 e. The molecule has 0 saturated carbocycles. The Kier molecular flexibility index (Phi) is 3.97. The summed E-state index contributed by atoms with van der Waals surface area (Å²) in [4.78, 5) is 25.1. The highest BCUT2D eigenvalue weighted by atomic mass is 16.4. The summed E-state index contributed by atoms with van der Waals surface area (Å²) >= 11 is 0. The summed E-state index contributed by atoms with van der Waals surface area (Å²) in [5.74, 6) is -0.951. The van der Waals surface area contributed by atoms with E-state index in [-0.39, 0.29) is 6.03 Å². The molecule has 1 aromatic rings. The van der Waals surface area contributed by atoms with Gasteiger partial charge in [-0.2, -0.15) is 0 Å². The van der Waals surface area contributed by atoms with Crippen LogP contribution in [0.15, 0.2) is 24.3 Å². The summed E-state index contributed by atoms with van der Waals surface area (Å²) in [5, 5.41) is 12.1. The summed E-state index contributed by atoms with van der Waals surface area (Å²) in [6.45, 7) is 4.12. The Morgan fingerprint density at radius 3 is 2.85 bits per heavy atom. The monoisotopic (exact) mass is 276 g/mol. The quantitative estimate of drug-likeness (QED) is 0.891. The molecule has 2 N–H and O–H groups in total. The highest BCUT2D eigenvalue weighted by Gasteiger charge is 2.45. The predicted molar refractivity (Wildman–Crippen MR) is 76.8 cm³/mol. The van der Waals surface area contributed by atoms with E-state index in [0.29, 0.717) is 25.1 Å². The molecule has 1 heterocycles. The van der Waals surface area contributed by atoms with Gasteiger partial charge in [-0.05, 0) is 43.9 Å². The Balaban J connectivity index is 2.13. The minimum atomic E-state index is -1.10. The van der Waals surface area contributed by atoms with Gasteiger partial charge >= 0.3 is 12.0 Å². The van der Waals surface area contributed by atoms with Crippen molar-refractivity contribution in [2.45, 2.75) is 38.6 Å². The number of nitrogens with one attached hydrogen (secondary N) is 1. The van der Waals surface area contributed by atoms with Crippen LogP contribution in [0.3, 0.4) is 0 Å². The van der Waals surface area contributed by atoms with Crippen LogP contribution in [0.4, 0.5) is 10.5 Å².